The summed E-state index contributed by atoms with van der Waals surface area (Å²) in [5.41, 5.74) is 6.10. The largest absolute Gasteiger partial charge is 0.496 e. The van der Waals surface area contributed by atoms with Gasteiger partial charge in [0.1, 0.15) is 11.6 Å². The number of rotatable bonds is 5. The predicted molar refractivity (Wildman–Crippen MR) is 109 cm³/mol. The normalized spacial score (nSPS) is 10.9. The van der Waals surface area contributed by atoms with Crippen LogP contribution < -0.4 is 15.6 Å². The maximum Gasteiger partial charge on any atom is 0.272 e. The van der Waals surface area contributed by atoms with Crippen molar-refractivity contribution in [3.63, 3.8) is 0 Å². The van der Waals surface area contributed by atoms with E-state index in [1.165, 1.54) is 24.3 Å². The number of hydrazine groups is 1. The smallest absolute Gasteiger partial charge is 0.272 e. The summed E-state index contributed by atoms with van der Waals surface area (Å²) in [6.45, 7) is 0. The molecule has 0 saturated heterocycles. The molecule has 2 N–H and O–H groups in total. The number of amides is 2. The van der Waals surface area contributed by atoms with Gasteiger partial charge < -0.3 is 4.74 Å². The van der Waals surface area contributed by atoms with Crippen molar-refractivity contribution < 1.29 is 18.7 Å². The van der Waals surface area contributed by atoms with Gasteiger partial charge in [0.15, 0.2) is 0 Å². The number of carbonyl (C=O) groups is 2. The summed E-state index contributed by atoms with van der Waals surface area (Å²) < 4.78 is 19.1. The molecule has 0 fully saturated rings. The summed E-state index contributed by atoms with van der Waals surface area (Å²) in [6, 6.07) is 21.8. The zero-order chi connectivity index (χ0) is 20.6. The van der Waals surface area contributed by atoms with Crippen LogP contribution in [-0.2, 0) is 4.79 Å². The first-order valence-electron chi connectivity index (χ1n) is 8.85. The summed E-state index contributed by atoms with van der Waals surface area (Å²) in [7, 11) is 1.55. The molecular formula is C23H19FN2O3. The maximum atomic E-state index is 13.8. The van der Waals surface area contributed by atoms with Crippen LogP contribution in [0, 0.1) is 5.82 Å². The van der Waals surface area contributed by atoms with Gasteiger partial charge in [-0.3, -0.25) is 20.4 Å². The molecule has 6 heteroatoms. The standard InChI is InChI=1S/C23H19FN2O3/c1-29-21-14-8-5-11-17(21)15-19(16-9-3-2-4-10-16)23(28)26-25-22(27)18-12-6-7-13-20(18)24/h2-15H,1H3,(H,25,27)(H,26,28)/b19-15+. The number of nitrogens with one attached hydrogen (secondary N) is 2. The number of carbonyl (C=O) groups excluding carboxylic acids is 2. The Morgan fingerprint density at radius 2 is 1.52 bits per heavy atom. The third kappa shape index (κ3) is 4.87. The van der Waals surface area contributed by atoms with E-state index in [2.05, 4.69) is 10.9 Å². The van der Waals surface area contributed by atoms with Gasteiger partial charge in [0.25, 0.3) is 11.8 Å². The van der Waals surface area contributed by atoms with Crippen molar-refractivity contribution in [1.82, 2.24) is 10.9 Å². The summed E-state index contributed by atoms with van der Waals surface area (Å²) in [6.07, 6.45) is 1.67. The Balaban J connectivity index is 1.87. The lowest BCUT2D eigenvalue weighted by Crippen LogP contribution is -2.42. The van der Waals surface area contributed by atoms with Crippen molar-refractivity contribution in [3.8, 4) is 5.75 Å². The van der Waals surface area contributed by atoms with Crippen molar-refractivity contribution >= 4 is 23.5 Å². The lowest BCUT2D eigenvalue weighted by atomic mass is 10.0. The summed E-state index contributed by atoms with van der Waals surface area (Å²) >= 11 is 0. The van der Waals surface area contributed by atoms with Crippen LogP contribution in [0.25, 0.3) is 11.6 Å². The van der Waals surface area contributed by atoms with Crippen molar-refractivity contribution in [2.24, 2.45) is 0 Å². The van der Waals surface area contributed by atoms with E-state index in [9.17, 15) is 14.0 Å². The van der Waals surface area contributed by atoms with E-state index in [0.717, 1.165) is 0 Å². The second-order valence-electron chi connectivity index (χ2n) is 6.05. The predicted octanol–water partition coefficient (Wildman–Crippen LogP) is 3.84. The SMILES string of the molecule is COc1ccccc1/C=C(/C(=O)NNC(=O)c1ccccc1F)c1ccccc1. The molecule has 0 aliphatic heterocycles. The fourth-order valence-corrected chi connectivity index (χ4v) is 2.73. The quantitative estimate of drug-likeness (QED) is 0.395. The number of methoxy groups -OCH3 is 1. The molecule has 2 amide bonds. The van der Waals surface area contributed by atoms with Crippen LogP contribution in [-0.4, -0.2) is 18.9 Å². The first kappa shape index (κ1) is 19.8. The van der Waals surface area contributed by atoms with Gasteiger partial charge in [-0.15, -0.1) is 0 Å². The van der Waals surface area contributed by atoms with Crippen LogP contribution in [0.5, 0.6) is 5.75 Å². The third-order valence-corrected chi connectivity index (χ3v) is 4.18. The molecule has 0 spiro atoms. The molecule has 29 heavy (non-hydrogen) atoms. The molecule has 0 atom stereocenters. The van der Waals surface area contributed by atoms with Gasteiger partial charge in [-0.1, -0.05) is 60.7 Å². The minimum Gasteiger partial charge on any atom is -0.496 e. The van der Waals surface area contributed by atoms with Gasteiger partial charge in [0.2, 0.25) is 0 Å². The molecular weight excluding hydrogens is 371 g/mol. The monoisotopic (exact) mass is 390 g/mol. The van der Waals surface area contributed by atoms with Crippen LogP contribution in [0.15, 0.2) is 78.9 Å². The molecule has 0 bridgehead atoms. The molecule has 0 aromatic heterocycles. The number of halogens is 1. The first-order valence-corrected chi connectivity index (χ1v) is 8.85. The average Bonchev–Trinajstić information content (AvgIpc) is 2.76. The second kappa shape index (κ2) is 9.32. The summed E-state index contributed by atoms with van der Waals surface area (Å²) in [5.74, 6) is -1.37. The Morgan fingerprint density at radius 3 is 2.24 bits per heavy atom. The van der Waals surface area contributed by atoms with Crippen LogP contribution in [0.2, 0.25) is 0 Å². The molecule has 0 unspecified atom stereocenters. The molecule has 0 heterocycles. The molecule has 146 valence electrons. The Labute approximate surface area is 167 Å². The number of para-hydroxylation sites is 1. The van der Waals surface area contributed by atoms with Gasteiger partial charge >= 0.3 is 0 Å². The van der Waals surface area contributed by atoms with Crippen molar-refractivity contribution in [1.29, 1.82) is 0 Å². The molecule has 0 saturated carbocycles. The zero-order valence-corrected chi connectivity index (χ0v) is 15.7. The molecule has 3 aromatic rings. The minimum atomic E-state index is -0.749. The van der Waals surface area contributed by atoms with Gasteiger partial charge in [0, 0.05) is 11.1 Å². The highest BCUT2D eigenvalue weighted by molar-refractivity contribution is 6.24. The van der Waals surface area contributed by atoms with Crippen molar-refractivity contribution in [2.45, 2.75) is 0 Å². The molecule has 5 nitrogen and oxygen atoms in total. The summed E-state index contributed by atoms with van der Waals surface area (Å²) in [5, 5.41) is 0. The highest BCUT2D eigenvalue weighted by atomic mass is 19.1. The Bertz CT molecular complexity index is 1050. The molecule has 0 radical (unpaired) electrons. The second-order valence-corrected chi connectivity index (χ2v) is 6.05. The lowest BCUT2D eigenvalue weighted by molar-refractivity contribution is -0.116. The van der Waals surface area contributed by atoms with E-state index in [4.69, 9.17) is 4.74 Å². The number of hydrogen-bond donors (Lipinski definition) is 2. The molecule has 3 rings (SSSR count). The van der Waals surface area contributed by atoms with E-state index in [-0.39, 0.29) is 5.56 Å². The van der Waals surface area contributed by atoms with Gasteiger partial charge in [0.05, 0.1) is 12.7 Å². The lowest BCUT2D eigenvalue weighted by Gasteiger charge is -2.12. The topological polar surface area (TPSA) is 67.4 Å². The van der Waals surface area contributed by atoms with Crippen molar-refractivity contribution in [2.75, 3.05) is 7.11 Å². The zero-order valence-electron chi connectivity index (χ0n) is 15.7. The van der Waals surface area contributed by atoms with E-state index < -0.39 is 17.6 Å². The highest BCUT2D eigenvalue weighted by Crippen LogP contribution is 2.24. The van der Waals surface area contributed by atoms with Crippen LogP contribution >= 0.6 is 0 Å². The highest BCUT2D eigenvalue weighted by Gasteiger charge is 2.16. The number of benzene rings is 3. The minimum absolute atomic E-state index is 0.164. The van der Waals surface area contributed by atoms with Gasteiger partial charge in [-0.2, -0.15) is 0 Å². The Hall–Kier alpha value is -3.93. The Kier molecular flexibility index (Phi) is 6.37. The molecule has 0 aliphatic carbocycles. The van der Waals surface area contributed by atoms with E-state index in [1.807, 2.05) is 24.3 Å². The fourth-order valence-electron chi connectivity index (χ4n) is 2.73. The third-order valence-electron chi connectivity index (χ3n) is 4.18. The van der Waals surface area contributed by atoms with Gasteiger partial charge in [-0.25, -0.2) is 4.39 Å². The molecule has 3 aromatic carbocycles. The van der Waals surface area contributed by atoms with E-state index in [0.29, 0.717) is 22.4 Å². The van der Waals surface area contributed by atoms with E-state index in [1.54, 1.807) is 43.5 Å². The maximum absolute atomic E-state index is 13.8. The van der Waals surface area contributed by atoms with Gasteiger partial charge in [-0.05, 0) is 29.8 Å². The van der Waals surface area contributed by atoms with Crippen LogP contribution in [0.1, 0.15) is 21.5 Å². The van der Waals surface area contributed by atoms with Crippen LogP contribution in [0.4, 0.5) is 4.39 Å². The first-order chi connectivity index (χ1) is 14.1. The van der Waals surface area contributed by atoms with Crippen molar-refractivity contribution in [3.05, 3.63) is 101 Å². The molecule has 0 aliphatic rings. The van der Waals surface area contributed by atoms with Crippen LogP contribution in [0.3, 0.4) is 0 Å². The number of hydrogen-bond acceptors (Lipinski definition) is 3. The summed E-state index contributed by atoms with van der Waals surface area (Å²) in [4.78, 5) is 25.0. The average molecular weight is 390 g/mol. The Morgan fingerprint density at radius 1 is 0.862 bits per heavy atom. The number of ether oxygens (including phenoxy) is 1. The van der Waals surface area contributed by atoms with E-state index >= 15 is 0 Å². The fraction of sp³-hybridized carbons (Fsp3) is 0.0435.